The number of thiocarbonyl (C=S) groups is 1. The second-order valence-corrected chi connectivity index (χ2v) is 5.88. The van der Waals surface area contributed by atoms with Crippen LogP contribution < -0.4 is 10.5 Å². The Bertz CT molecular complexity index is 467. The maximum Gasteiger partial charge on any atom is 0.224 e. The number of nitrogens with zero attached hydrogens (tertiary/aromatic N) is 1. The molecule has 2 N–H and O–H groups in total. The second-order valence-electron chi connectivity index (χ2n) is 5.44. The third kappa shape index (κ3) is 3.66. The van der Waals surface area contributed by atoms with Crippen molar-refractivity contribution >= 4 is 17.2 Å². The average Bonchev–Trinajstić information content (AvgIpc) is 2.36. The molecule has 0 bridgehead atoms. The van der Waals surface area contributed by atoms with Crippen molar-refractivity contribution in [1.29, 1.82) is 0 Å². The van der Waals surface area contributed by atoms with Crippen LogP contribution in [0.3, 0.4) is 0 Å². The van der Waals surface area contributed by atoms with Gasteiger partial charge in [0.2, 0.25) is 5.88 Å². The van der Waals surface area contributed by atoms with Gasteiger partial charge >= 0.3 is 0 Å². The molecule has 0 unspecified atom stereocenters. The minimum atomic E-state index is 0.364. The van der Waals surface area contributed by atoms with Crippen molar-refractivity contribution in [2.45, 2.75) is 46.0 Å². The molecule has 1 aromatic heterocycles. The molecule has 0 atom stereocenters. The highest BCUT2D eigenvalue weighted by Crippen LogP contribution is 2.26. The maximum atomic E-state index is 5.92. The molecule has 0 saturated heterocycles. The number of aromatic nitrogens is 1. The van der Waals surface area contributed by atoms with Crippen LogP contribution in [0.15, 0.2) is 6.07 Å². The van der Waals surface area contributed by atoms with Gasteiger partial charge < -0.3 is 10.5 Å². The summed E-state index contributed by atoms with van der Waals surface area (Å²) in [6.45, 7) is 4.69. The molecule has 0 amide bonds. The van der Waals surface area contributed by atoms with E-state index in [9.17, 15) is 0 Å². The third-order valence-corrected chi connectivity index (χ3v) is 3.94. The number of rotatable bonds is 4. The number of aryl methyl sites for hydroxylation is 2. The van der Waals surface area contributed by atoms with E-state index in [0.29, 0.717) is 16.8 Å². The summed E-state index contributed by atoms with van der Waals surface area (Å²) in [5, 5.41) is 0. The first-order chi connectivity index (χ1) is 9.08. The molecule has 1 aliphatic rings. The van der Waals surface area contributed by atoms with Crippen LogP contribution in [0.2, 0.25) is 0 Å². The zero-order chi connectivity index (χ0) is 13.8. The van der Waals surface area contributed by atoms with Crippen molar-refractivity contribution in [2.24, 2.45) is 11.7 Å². The summed E-state index contributed by atoms with van der Waals surface area (Å²) >= 11 is 5.11. The van der Waals surface area contributed by atoms with Gasteiger partial charge in [-0.15, -0.1) is 0 Å². The van der Waals surface area contributed by atoms with Gasteiger partial charge in [0.25, 0.3) is 0 Å². The predicted octanol–water partition coefficient (Wildman–Crippen LogP) is 3.29. The maximum absolute atomic E-state index is 5.92. The Morgan fingerprint density at radius 3 is 2.68 bits per heavy atom. The van der Waals surface area contributed by atoms with Crippen LogP contribution >= 0.6 is 12.2 Å². The van der Waals surface area contributed by atoms with Crippen LogP contribution in [0.1, 0.15) is 48.9 Å². The first-order valence-electron chi connectivity index (χ1n) is 6.98. The predicted molar refractivity (Wildman–Crippen MR) is 81.7 cm³/mol. The monoisotopic (exact) mass is 278 g/mol. The zero-order valence-corrected chi connectivity index (χ0v) is 12.6. The molecule has 1 aromatic rings. The molecule has 0 aliphatic heterocycles. The topological polar surface area (TPSA) is 48.1 Å². The molecule has 104 valence electrons. The van der Waals surface area contributed by atoms with Gasteiger partial charge in [0.15, 0.2) is 0 Å². The molecule has 1 heterocycles. The molecule has 4 heteroatoms. The summed E-state index contributed by atoms with van der Waals surface area (Å²) < 4.78 is 5.92. The van der Waals surface area contributed by atoms with Gasteiger partial charge in [-0.05, 0) is 44.2 Å². The van der Waals surface area contributed by atoms with E-state index in [0.717, 1.165) is 23.4 Å². The quantitative estimate of drug-likeness (QED) is 0.859. The standard InChI is InChI=1S/C15H22N2OS/c1-10-8-11(2)17-15(13(10)14(16)19)18-9-12-6-4-3-5-7-12/h8,12H,3-7,9H2,1-2H3,(H2,16,19). The minimum Gasteiger partial charge on any atom is -0.477 e. The van der Waals surface area contributed by atoms with E-state index in [2.05, 4.69) is 4.98 Å². The van der Waals surface area contributed by atoms with Gasteiger partial charge in [-0.2, -0.15) is 0 Å². The number of hydrogen-bond acceptors (Lipinski definition) is 3. The number of ether oxygens (including phenoxy) is 1. The molecule has 0 spiro atoms. The summed E-state index contributed by atoms with van der Waals surface area (Å²) in [7, 11) is 0. The van der Waals surface area contributed by atoms with Crippen LogP contribution in [-0.2, 0) is 0 Å². The first-order valence-corrected chi connectivity index (χ1v) is 7.39. The van der Waals surface area contributed by atoms with Gasteiger partial charge in [-0.1, -0.05) is 31.5 Å². The Morgan fingerprint density at radius 2 is 2.05 bits per heavy atom. The van der Waals surface area contributed by atoms with Crippen molar-refractivity contribution < 1.29 is 4.74 Å². The Balaban J connectivity index is 2.12. The van der Waals surface area contributed by atoms with Crippen LogP contribution in [0, 0.1) is 19.8 Å². The number of hydrogen-bond donors (Lipinski definition) is 1. The lowest BCUT2D eigenvalue weighted by molar-refractivity contribution is 0.202. The fraction of sp³-hybridized carbons (Fsp3) is 0.600. The summed E-state index contributed by atoms with van der Waals surface area (Å²) in [5.41, 5.74) is 8.56. The Hall–Kier alpha value is -1.16. The lowest BCUT2D eigenvalue weighted by Gasteiger charge is -2.22. The third-order valence-electron chi connectivity index (χ3n) is 3.74. The summed E-state index contributed by atoms with van der Waals surface area (Å²) in [6, 6.07) is 1.99. The number of pyridine rings is 1. The van der Waals surface area contributed by atoms with E-state index in [1.165, 1.54) is 32.1 Å². The van der Waals surface area contributed by atoms with Crippen molar-refractivity contribution in [1.82, 2.24) is 4.98 Å². The minimum absolute atomic E-state index is 0.364. The molecular formula is C15H22N2OS. The normalized spacial score (nSPS) is 16.3. The summed E-state index contributed by atoms with van der Waals surface area (Å²) in [4.78, 5) is 4.81. The van der Waals surface area contributed by atoms with Crippen molar-refractivity contribution in [3.8, 4) is 5.88 Å². The molecule has 1 aliphatic carbocycles. The van der Waals surface area contributed by atoms with E-state index in [4.69, 9.17) is 22.7 Å². The van der Waals surface area contributed by atoms with Gasteiger partial charge in [-0.3, -0.25) is 0 Å². The highest BCUT2D eigenvalue weighted by molar-refractivity contribution is 7.80. The second kappa shape index (κ2) is 6.33. The Kier molecular flexibility index (Phi) is 4.75. The molecule has 2 rings (SSSR count). The molecule has 1 saturated carbocycles. The van der Waals surface area contributed by atoms with Crippen LogP contribution in [0.25, 0.3) is 0 Å². The Labute approximate surface area is 120 Å². The SMILES string of the molecule is Cc1cc(C)c(C(N)=S)c(OCC2CCCCC2)n1. The summed E-state index contributed by atoms with van der Waals surface area (Å²) in [5.74, 6) is 1.26. The van der Waals surface area contributed by atoms with Gasteiger partial charge in [0, 0.05) is 5.69 Å². The van der Waals surface area contributed by atoms with Gasteiger partial charge in [0.1, 0.15) is 4.99 Å². The molecule has 1 fully saturated rings. The van der Waals surface area contributed by atoms with Crippen LogP contribution in [0.5, 0.6) is 5.88 Å². The highest BCUT2D eigenvalue weighted by Gasteiger charge is 2.17. The smallest absolute Gasteiger partial charge is 0.224 e. The fourth-order valence-corrected chi connectivity index (χ4v) is 3.01. The van der Waals surface area contributed by atoms with Crippen molar-refractivity contribution in [2.75, 3.05) is 6.61 Å². The summed E-state index contributed by atoms with van der Waals surface area (Å²) in [6.07, 6.45) is 6.50. The van der Waals surface area contributed by atoms with Gasteiger partial charge in [0.05, 0.1) is 12.2 Å². The molecule has 3 nitrogen and oxygen atoms in total. The molecule has 19 heavy (non-hydrogen) atoms. The van der Waals surface area contributed by atoms with Crippen molar-refractivity contribution in [3.05, 3.63) is 22.9 Å². The lowest BCUT2D eigenvalue weighted by atomic mass is 9.90. The number of nitrogens with two attached hydrogens (primary N) is 1. The van der Waals surface area contributed by atoms with E-state index < -0.39 is 0 Å². The van der Waals surface area contributed by atoms with E-state index in [1.807, 2.05) is 19.9 Å². The van der Waals surface area contributed by atoms with Gasteiger partial charge in [-0.25, -0.2) is 4.98 Å². The van der Waals surface area contributed by atoms with E-state index >= 15 is 0 Å². The largest absolute Gasteiger partial charge is 0.477 e. The fourth-order valence-electron chi connectivity index (χ4n) is 2.76. The van der Waals surface area contributed by atoms with Crippen LogP contribution in [-0.4, -0.2) is 16.6 Å². The van der Waals surface area contributed by atoms with E-state index in [-0.39, 0.29) is 0 Å². The highest BCUT2D eigenvalue weighted by atomic mass is 32.1. The lowest BCUT2D eigenvalue weighted by Crippen LogP contribution is -2.19. The Morgan fingerprint density at radius 1 is 1.37 bits per heavy atom. The molecule has 0 radical (unpaired) electrons. The molecule has 0 aromatic carbocycles. The first kappa shape index (κ1) is 14.3. The molecular weight excluding hydrogens is 256 g/mol. The average molecular weight is 278 g/mol. The van der Waals surface area contributed by atoms with Crippen LogP contribution in [0.4, 0.5) is 0 Å². The zero-order valence-electron chi connectivity index (χ0n) is 11.7. The van der Waals surface area contributed by atoms with E-state index in [1.54, 1.807) is 0 Å². The van der Waals surface area contributed by atoms with Crippen molar-refractivity contribution in [3.63, 3.8) is 0 Å².